The molecular formula is C16H21NO5S. The van der Waals surface area contributed by atoms with E-state index in [0.29, 0.717) is 31.2 Å². The van der Waals surface area contributed by atoms with Crippen molar-refractivity contribution in [2.24, 2.45) is 5.92 Å². The van der Waals surface area contributed by atoms with Crippen molar-refractivity contribution in [2.45, 2.75) is 37.2 Å². The molecule has 1 aromatic carbocycles. The quantitative estimate of drug-likeness (QED) is 0.905. The first-order valence-corrected chi connectivity index (χ1v) is 9.16. The van der Waals surface area contributed by atoms with Gasteiger partial charge in [0, 0.05) is 13.1 Å². The van der Waals surface area contributed by atoms with Crippen molar-refractivity contribution in [3.63, 3.8) is 0 Å². The second-order valence-corrected chi connectivity index (χ2v) is 8.49. The van der Waals surface area contributed by atoms with E-state index in [1.54, 1.807) is 6.92 Å². The summed E-state index contributed by atoms with van der Waals surface area (Å²) in [5.41, 5.74) is 0.122. The third-order valence-electron chi connectivity index (χ3n) is 4.78. The van der Waals surface area contributed by atoms with E-state index in [2.05, 4.69) is 0 Å². The van der Waals surface area contributed by atoms with Gasteiger partial charge in [0.15, 0.2) is 0 Å². The average molecular weight is 339 g/mol. The van der Waals surface area contributed by atoms with Gasteiger partial charge in [-0.15, -0.1) is 0 Å². The van der Waals surface area contributed by atoms with Crippen LogP contribution in [0.25, 0.3) is 0 Å². The van der Waals surface area contributed by atoms with Crippen LogP contribution in [0.15, 0.2) is 23.1 Å². The van der Waals surface area contributed by atoms with Gasteiger partial charge in [0.25, 0.3) is 0 Å². The third kappa shape index (κ3) is 3.00. The molecule has 3 rings (SSSR count). The maximum Gasteiger partial charge on any atom is 0.335 e. The number of carboxylic acids is 1. The smallest absolute Gasteiger partial charge is 0.335 e. The molecule has 126 valence electrons. The zero-order chi connectivity index (χ0) is 16.8. The summed E-state index contributed by atoms with van der Waals surface area (Å²) in [5, 5.41) is 9.20. The zero-order valence-electron chi connectivity index (χ0n) is 13.3. The molecule has 1 aromatic rings. The molecule has 0 amide bonds. The van der Waals surface area contributed by atoms with Crippen molar-refractivity contribution < 1.29 is 23.1 Å². The van der Waals surface area contributed by atoms with Gasteiger partial charge < -0.3 is 9.84 Å². The van der Waals surface area contributed by atoms with Crippen molar-refractivity contribution in [1.82, 2.24) is 4.31 Å². The summed E-state index contributed by atoms with van der Waals surface area (Å²) >= 11 is 0. The molecule has 1 N–H and O–H groups in total. The third-order valence-corrected chi connectivity index (χ3v) is 6.62. The second kappa shape index (κ2) is 5.58. The van der Waals surface area contributed by atoms with Crippen LogP contribution in [-0.2, 0) is 14.8 Å². The first-order valence-electron chi connectivity index (χ1n) is 7.72. The maximum absolute atomic E-state index is 12.9. The highest BCUT2D eigenvalue weighted by atomic mass is 32.2. The van der Waals surface area contributed by atoms with Crippen LogP contribution in [0.2, 0.25) is 0 Å². The molecule has 1 aliphatic carbocycles. The van der Waals surface area contributed by atoms with Crippen molar-refractivity contribution in [1.29, 1.82) is 0 Å². The lowest BCUT2D eigenvalue weighted by Gasteiger charge is -2.40. The van der Waals surface area contributed by atoms with Crippen LogP contribution in [0.3, 0.4) is 0 Å². The number of sulfonamides is 1. The molecule has 1 unspecified atom stereocenters. The van der Waals surface area contributed by atoms with E-state index in [1.807, 2.05) is 6.92 Å². The van der Waals surface area contributed by atoms with E-state index in [-0.39, 0.29) is 10.5 Å². The summed E-state index contributed by atoms with van der Waals surface area (Å²) in [6.45, 7) is 4.59. The standard InChI is InChI=1S/C16H21NO5S/c1-11-3-6-13(9-14(11)15(18)19)23(20,21)17-7-8-22-16(2,10-17)12-4-5-12/h3,6,9,12H,4-5,7-8,10H2,1-2H3,(H,18,19). The Kier molecular flexibility index (Phi) is 3.98. The molecule has 1 saturated heterocycles. The number of carboxylic acid groups (broad SMARTS) is 1. The van der Waals surface area contributed by atoms with Crippen molar-refractivity contribution in [3.8, 4) is 0 Å². The second-order valence-electron chi connectivity index (χ2n) is 6.56. The van der Waals surface area contributed by atoms with Crippen LogP contribution in [0.4, 0.5) is 0 Å². The average Bonchev–Trinajstić information content (AvgIpc) is 3.32. The fourth-order valence-corrected chi connectivity index (χ4v) is 4.69. The first-order chi connectivity index (χ1) is 10.7. The van der Waals surface area contributed by atoms with Gasteiger partial charge in [0.05, 0.1) is 22.7 Å². The number of hydrogen-bond donors (Lipinski definition) is 1. The monoisotopic (exact) mass is 339 g/mol. The Hall–Kier alpha value is -1.44. The Bertz CT molecular complexity index is 741. The summed E-state index contributed by atoms with van der Waals surface area (Å²) < 4.78 is 33.0. The molecule has 6 nitrogen and oxygen atoms in total. The predicted molar refractivity (Wildman–Crippen MR) is 84.0 cm³/mol. The molecule has 1 aliphatic heterocycles. The van der Waals surface area contributed by atoms with Gasteiger partial charge in [0.1, 0.15) is 0 Å². The molecule has 0 aromatic heterocycles. The van der Waals surface area contributed by atoms with Gasteiger partial charge in [-0.25, -0.2) is 13.2 Å². The van der Waals surface area contributed by atoms with Crippen molar-refractivity contribution in [2.75, 3.05) is 19.7 Å². The largest absolute Gasteiger partial charge is 0.478 e. The minimum atomic E-state index is -3.72. The Morgan fingerprint density at radius 1 is 1.39 bits per heavy atom. The Morgan fingerprint density at radius 2 is 2.09 bits per heavy atom. The molecule has 7 heteroatoms. The number of hydrogen-bond acceptors (Lipinski definition) is 4. The van der Waals surface area contributed by atoms with E-state index < -0.39 is 21.6 Å². The zero-order valence-corrected chi connectivity index (χ0v) is 14.1. The van der Waals surface area contributed by atoms with Gasteiger partial charge in [-0.3, -0.25) is 0 Å². The van der Waals surface area contributed by atoms with Gasteiger partial charge in [-0.05, 0) is 50.3 Å². The van der Waals surface area contributed by atoms with Crippen LogP contribution >= 0.6 is 0 Å². The number of aromatic carboxylic acids is 1. The lowest BCUT2D eigenvalue weighted by atomic mass is 9.99. The number of ether oxygens (including phenoxy) is 1. The first kappa shape index (κ1) is 16.4. The molecule has 0 spiro atoms. The minimum absolute atomic E-state index is 0.0179. The van der Waals surface area contributed by atoms with E-state index >= 15 is 0 Å². The van der Waals surface area contributed by atoms with Crippen molar-refractivity contribution in [3.05, 3.63) is 29.3 Å². The molecule has 1 heterocycles. The summed E-state index contributed by atoms with van der Waals surface area (Å²) in [4.78, 5) is 11.3. The SMILES string of the molecule is Cc1ccc(S(=O)(=O)N2CCOC(C)(C3CC3)C2)cc1C(=O)O. The minimum Gasteiger partial charge on any atom is -0.478 e. The number of benzene rings is 1. The van der Waals surface area contributed by atoms with E-state index in [0.717, 1.165) is 12.8 Å². The van der Waals surface area contributed by atoms with Gasteiger partial charge in [-0.2, -0.15) is 4.31 Å². The number of aryl methyl sites for hydroxylation is 1. The fourth-order valence-electron chi connectivity index (χ4n) is 3.14. The molecule has 1 saturated carbocycles. The maximum atomic E-state index is 12.9. The highest BCUT2D eigenvalue weighted by Gasteiger charge is 2.47. The van der Waals surface area contributed by atoms with Crippen LogP contribution in [-0.4, -0.2) is 49.1 Å². The topological polar surface area (TPSA) is 83.9 Å². The molecule has 0 bridgehead atoms. The summed E-state index contributed by atoms with van der Waals surface area (Å²) in [7, 11) is -3.72. The van der Waals surface area contributed by atoms with Gasteiger partial charge >= 0.3 is 5.97 Å². The van der Waals surface area contributed by atoms with Crippen LogP contribution < -0.4 is 0 Å². The summed E-state index contributed by atoms with van der Waals surface area (Å²) in [6, 6.07) is 4.26. The molecule has 2 aliphatic rings. The number of nitrogens with zero attached hydrogens (tertiary/aromatic N) is 1. The Morgan fingerprint density at radius 3 is 2.70 bits per heavy atom. The summed E-state index contributed by atoms with van der Waals surface area (Å²) in [6.07, 6.45) is 2.14. The highest BCUT2D eigenvalue weighted by Crippen LogP contribution is 2.44. The fraction of sp³-hybridized carbons (Fsp3) is 0.562. The predicted octanol–water partition coefficient (Wildman–Crippen LogP) is 1.88. The molecular weight excluding hydrogens is 318 g/mol. The summed E-state index contributed by atoms with van der Waals surface area (Å²) in [5.74, 6) is -0.711. The Labute approximate surface area is 136 Å². The molecule has 0 radical (unpaired) electrons. The highest BCUT2D eigenvalue weighted by molar-refractivity contribution is 7.89. The lowest BCUT2D eigenvalue weighted by Crippen LogP contribution is -2.53. The lowest BCUT2D eigenvalue weighted by molar-refractivity contribution is -0.0908. The van der Waals surface area contributed by atoms with E-state index in [9.17, 15) is 18.3 Å². The van der Waals surface area contributed by atoms with Crippen LogP contribution in [0.1, 0.15) is 35.7 Å². The van der Waals surface area contributed by atoms with E-state index in [4.69, 9.17) is 4.74 Å². The van der Waals surface area contributed by atoms with Crippen LogP contribution in [0, 0.1) is 12.8 Å². The normalized spacial score (nSPS) is 26.2. The molecule has 1 atom stereocenters. The number of morpholine rings is 1. The number of rotatable bonds is 4. The van der Waals surface area contributed by atoms with Crippen LogP contribution in [0.5, 0.6) is 0 Å². The van der Waals surface area contributed by atoms with Crippen molar-refractivity contribution >= 4 is 16.0 Å². The Balaban J connectivity index is 1.92. The molecule has 2 fully saturated rings. The van der Waals surface area contributed by atoms with Gasteiger partial charge in [0.2, 0.25) is 10.0 Å². The molecule has 23 heavy (non-hydrogen) atoms. The van der Waals surface area contributed by atoms with E-state index in [1.165, 1.54) is 22.5 Å². The van der Waals surface area contributed by atoms with Gasteiger partial charge in [-0.1, -0.05) is 6.07 Å². The number of carbonyl (C=O) groups is 1.